The van der Waals surface area contributed by atoms with Crippen molar-refractivity contribution in [1.29, 1.82) is 0 Å². The van der Waals surface area contributed by atoms with Gasteiger partial charge in [0.15, 0.2) is 0 Å². The molecule has 1 aromatic rings. The molecule has 2 N–H and O–H groups in total. The summed E-state index contributed by atoms with van der Waals surface area (Å²) in [4.78, 5) is 23.8. The normalized spacial score (nSPS) is 11.5. The van der Waals surface area contributed by atoms with Crippen LogP contribution in [0.3, 0.4) is 0 Å². The lowest BCUT2D eigenvalue weighted by Gasteiger charge is -2.16. The highest BCUT2D eigenvalue weighted by molar-refractivity contribution is 5.95. The molecule has 1 rings (SSSR count). The van der Waals surface area contributed by atoms with Crippen LogP contribution in [0.2, 0.25) is 0 Å². The summed E-state index contributed by atoms with van der Waals surface area (Å²) in [6.45, 7) is 9.04. The number of unbranched alkanes of at least 4 members (excludes halogenated alkanes) is 10. The van der Waals surface area contributed by atoms with Gasteiger partial charge in [-0.1, -0.05) is 105 Å². The molecule has 0 saturated heterocycles. The van der Waals surface area contributed by atoms with E-state index in [0.717, 1.165) is 61.5 Å². The number of carboxylic acid groups (broad SMARTS) is 2. The molecule has 1 aromatic carbocycles. The van der Waals surface area contributed by atoms with Gasteiger partial charge in [-0.2, -0.15) is 0 Å². The van der Waals surface area contributed by atoms with Crippen molar-refractivity contribution in [2.75, 3.05) is 0 Å². The summed E-state index contributed by atoms with van der Waals surface area (Å²) in [6.07, 6.45) is 17.7. The molecule has 0 amide bonds. The smallest absolute Gasteiger partial charge is 0.335 e. The fraction of sp³-hybridized carbons (Fsp3) is 0.733. The van der Waals surface area contributed by atoms with Crippen molar-refractivity contribution in [1.82, 2.24) is 0 Å². The molecule has 194 valence electrons. The van der Waals surface area contributed by atoms with Gasteiger partial charge >= 0.3 is 11.9 Å². The van der Waals surface area contributed by atoms with Crippen molar-refractivity contribution in [2.45, 2.75) is 130 Å². The largest absolute Gasteiger partial charge is 0.478 e. The van der Waals surface area contributed by atoms with Crippen molar-refractivity contribution in [3.63, 3.8) is 0 Å². The Bertz CT molecular complexity index is 660. The topological polar surface area (TPSA) is 74.6 Å². The summed E-state index contributed by atoms with van der Waals surface area (Å²) in [7, 11) is 0. The van der Waals surface area contributed by atoms with Crippen molar-refractivity contribution in [2.24, 2.45) is 11.8 Å². The van der Waals surface area contributed by atoms with Gasteiger partial charge in [0.1, 0.15) is 0 Å². The highest BCUT2D eigenvalue weighted by atomic mass is 16.4. The van der Waals surface area contributed by atoms with E-state index < -0.39 is 11.9 Å². The van der Waals surface area contributed by atoms with Gasteiger partial charge in [0.2, 0.25) is 0 Å². The molecule has 0 heterocycles. The Morgan fingerprint density at radius 3 is 1.15 bits per heavy atom. The molecule has 0 saturated carbocycles. The van der Waals surface area contributed by atoms with Gasteiger partial charge < -0.3 is 10.2 Å². The average molecular weight is 475 g/mol. The third-order valence-electron chi connectivity index (χ3n) is 6.81. The second kappa shape index (κ2) is 17.6. The first-order valence-electron chi connectivity index (χ1n) is 13.8. The maximum absolute atomic E-state index is 11.9. The maximum atomic E-state index is 11.9. The molecule has 0 aliphatic carbocycles. The molecule has 0 radical (unpaired) electrons. The fourth-order valence-electron chi connectivity index (χ4n) is 4.79. The van der Waals surface area contributed by atoms with Crippen LogP contribution in [0.15, 0.2) is 12.1 Å². The fourth-order valence-corrected chi connectivity index (χ4v) is 4.79. The molecular weight excluding hydrogens is 424 g/mol. The molecule has 0 fully saturated rings. The van der Waals surface area contributed by atoms with E-state index in [1.54, 1.807) is 0 Å². The Labute approximate surface area is 208 Å². The van der Waals surface area contributed by atoms with Crippen molar-refractivity contribution >= 4 is 11.9 Å². The van der Waals surface area contributed by atoms with Gasteiger partial charge in [-0.3, -0.25) is 0 Å². The van der Waals surface area contributed by atoms with Crippen LogP contribution < -0.4 is 0 Å². The number of aromatic carboxylic acids is 2. The van der Waals surface area contributed by atoms with Crippen LogP contribution in [0.5, 0.6) is 0 Å². The molecule has 0 bridgehead atoms. The number of benzene rings is 1. The molecular formula is C30H50O4. The summed E-state index contributed by atoms with van der Waals surface area (Å²) in [6, 6.07) is 2.98. The molecule has 34 heavy (non-hydrogen) atoms. The van der Waals surface area contributed by atoms with E-state index in [1.165, 1.54) is 63.5 Å². The van der Waals surface area contributed by atoms with E-state index in [4.69, 9.17) is 0 Å². The first-order chi connectivity index (χ1) is 16.2. The Kier molecular flexibility index (Phi) is 15.6. The first kappa shape index (κ1) is 30.2. The molecule has 0 unspecified atom stereocenters. The van der Waals surface area contributed by atoms with Crippen LogP contribution in [0.25, 0.3) is 0 Å². The Balaban J connectivity index is 2.65. The van der Waals surface area contributed by atoms with Crippen LogP contribution >= 0.6 is 0 Å². The Morgan fingerprint density at radius 2 is 0.853 bits per heavy atom. The number of carboxylic acids is 2. The van der Waals surface area contributed by atoms with E-state index in [-0.39, 0.29) is 11.1 Å². The van der Waals surface area contributed by atoms with E-state index in [2.05, 4.69) is 27.7 Å². The minimum Gasteiger partial charge on any atom is -0.478 e. The predicted molar refractivity (Wildman–Crippen MR) is 142 cm³/mol. The number of hydrogen-bond acceptors (Lipinski definition) is 2. The number of rotatable bonds is 20. The number of hydrogen-bond donors (Lipinski definition) is 2. The van der Waals surface area contributed by atoms with Crippen LogP contribution in [0, 0.1) is 11.8 Å². The van der Waals surface area contributed by atoms with E-state index >= 15 is 0 Å². The standard InChI is InChI=1S/C30H50O4/c1-23(2)17-13-9-5-7-11-15-19-25-26(20-16-12-8-6-10-14-18-24(3)4)28(30(33)34)22-21-27(25)29(31)32/h21-24H,5-20H2,1-4H3,(H,31,32)(H,33,34). The van der Waals surface area contributed by atoms with E-state index in [9.17, 15) is 19.8 Å². The van der Waals surface area contributed by atoms with Gasteiger partial charge in [-0.25, -0.2) is 9.59 Å². The lowest BCUT2D eigenvalue weighted by Crippen LogP contribution is -2.12. The summed E-state index contributed by atoms with van der Waals surface area (Å²) in [5, 5.41) is 19.5. The zero-order valence-corrected chi connectivity index (χ0v) is 22.3. The Hall–Kier alpha value is -1.84. The first-order valence-corrected chi connectivity index (χ1v) is 13.8. The summed E-state index contributed by atoms with van der Waals surface area (Å²) >= 11 is 0. The monoisotopic (exact) mass is 474 g/mol. The lowest BCUT2D eigenvalue weighted by molar-refractivity contribution is 0.0679. The lowest BCUT2D eigenvalue weighted by atomic mass is 9.88. The predicted octanol–water partition coefficient (Wildman–Crippen LogP) is 8.94. The highest BCUT2D eigenvalue weighted by Gasteiger charge is 2.20. The van der Waals surface area contributed by atoms with E-state index in [0.29, 0.717) is 12.8 Å². The van der Waals surface area contributed by atoms with Crippen LogP contribution in [-0.4, -0.2) is 22.2 Å². The summed E-state index contributed by atoms with van der Waals surface area (Å²) < 4.78 is 0. The quantitative estimate of drug-likeness (QED) is 0.185. The van der Waals surface area contributed by atoms with Crippen molar-refractivity contribution in [3.05, 3.63) is 34.4 Å². The molecule has 4 nitrogen and oxygen atoms in total. The second-order valence-electron chi connectivity index (χ2n) is 10.8. The number of carbonyl (C=O) groups is 2. The molecule has 4 heteroatoms. The zero-order chi connectivity index (χ0) is 25.3. The van der Waals surface area contributed by atoms with Crippen LogP contribution in [0.4, 0.5) is 0 Å². The van der Waals surface area contributed by atoms with E-state index in [1.807, 2.05) is 0 Å². The summed E-state index contributed by atoms with van der Waals surface area (Å²) in [5.41, 5.74) is 2.07. The van der Waals surface area contributed by atoms with Gasteiger partial charge in [0.25, 0.3) is 0 Å². The van der Waals surface area contributed by atoms with Crippen LogP contribution in [-0.2, 0) is 12.8 Å². The van der Waals surface area contributed by atoms with Crippen LogP contribution in [0.1, 0.15) is 149 Å². The van der Waals surface area contributed by atoms with Gasteiger partial charge in [0.05, 0.1) is 11.1 Å². The minimum absolute atomic E-state index is 0.283. The molecule has 0 aliphatic heterocycles. The highest BCUT2D eigenvalue weighted by Crippen LogP contribution is 2.25. The third kappa shape index (κ3) is 12.6. The summed E-state index contributed by atoms with van der Waals surface area (Å²) in [5.74, 6) is -0.377. The van der Waals surface area contributed by atoms with Crippen molar-refractivity contribution < 1.29 is 19.8 Å². The van der Waals surface area contributed by atoms with Gasteiger partial charge in [-0.15, -0.1) is 0 Å². The SMILES string of the molecule is CC(C)CCCCCCCCc1c(C(=O)O)ccc(C(=O)O)c1CCCCCCCCC(C)C. The van der Waals surface area contributed by atoms with Crippen molar-refractivity contribution in [3.8, 4) is 0 Å². The van der Waals surface area contributed by atoms with Gasteiger partial charge in [0, 0.05) is 0 Å². The maximum Gasteiger partial charge on any atom is 0.335 e. The average Bonchev–Trinajstić information content (AvgIpc) is 2.76. The van der Waals surface area contributed by atoms with Gasteiger partial charge in [-0.05, 0) is 60.8 Å². The zero-order valence-electron chi connectivity index (χ0n) is 22.3. The second-order valence-corrected chi connectivity index (χ2v) is 10.8. The molecule has 0 aliphatic rings. The Morgan fingerprint density at radius 1 is 0.559 bits per heavy atom. The molecule has 0 atom stereocenters. The molecule has 0 aromatic heterocycles. The minimum atomic E-state index is -0.952. The third-order valence-corrected chi connectivity index (χ3v) is 6.81. The molecule has 0 spiro atoms.